The first kappa shape index (κ1) is 47.1. The molecule has 17 nitrogen and oxygen atoms in total. The van der Waals surface area contributed by atoms with Crippen LogP contribution in [0.2, 0.25) is 0 Å². The number of esters is 1. The van der Waals surface area contributed by atoms with Crippen LogP contribution in [-0.4, -0.2) is 136 Å². The number of fused-ring (bicyclic) bond motifs is 5. The highest BCUT2D eigenvalue weighted by Gasteiger charge is 2.53. The molecule has 5 rings (SSSR count). The molecule has 3 fully saturated rings. The average Bonchev–Trinajstić information content (AvgIpc) is 3.67. The summed E-state index contributed by atoms with van der Waals surface area (Å²) in [5, 5.41) is 32.6. The van der Waals surface area contributed by atoms with Crippen LogP contribution < -0.4 is 0 Å². The van der Waals surface area contributed by atoms with Crippen molar-refractivity contribution in [2.45, 2.75) is 142 Å². The van der Waals surface area contributed by atoms with Gasteiger partial charge in [-0.05, 0) is 79.1 Å². The van der Waals surface area contributed by atoms with Crippen LogP contribution in [0.3, 0.4) is 0 Å². The molecule has 1 amide bonds. The van der Waals surface area contributed by atoms with Crippen LogP contribution in [0, 0.1) is 23.7 Å². The zero-order valence-corrected chi connectivity index (χ0v) is 36.7. The standard InChI is InChI=1S/C43H63N5O12/c1-12-34-43(9,53)39-25(4)35(45-28(7)49)23(2)18-42(8,55-21-30(20-54-39)46-56-22-31-17-32(47-60-31)29-14-13-15-44-19-29)38(26(5)36(50)27(6)40(52)58-34)59-41-37(51)33(48(10)11)16-24(3)57-41/h13-15,17,19,23-27,33-34,37-39,41,51,53H,12,16,18,20-22H2,1-11H3/b45-35?,46-30+/t23-,24-,25+,26+,27-,33+,34-,37-,38-,39+,41+,42-,43-/m1/s1. The van der Waals surface area contributed by atoms with Gasteiger partial charge in [-0.1, -0.05) is 38.0 Å². The second kappa shape index (κ2) is 19.8. The summed E-state index contributed by atoms with van der Waals surface area (Å²) in [5.41, 5.74) is -1.32. The molecular weight excluding hydrogens is 778 g/mol. The van der Waals surface area contributed by atoms with Gasteiger partial charge in [0.15, 0.2) is 24.4 Å². The number of hydrogen-bond acceptors (Lipinski definition) is 16. The second-order valence-electron chi connectivity index (χ2n) is 17.2. The summed E-state index contributed by atoms with van der Waals surface area (Å²) in [6, 6.07) is 5.02. The number of pyridine rings is 1. The lowest BCUT2D eigenvalue weighted by Crippen LogP contribution is -2.60. The fourth-order valence-corrected chi connectivity index (χ4v) is 8.82. The predicted molar refractivity (Wildman–Crippen MR) is 219 cm³/mol. The van der Waals surface area contributed by atoms with Crippen LogP contribution in [0.1, 0.15) is 87.3 Å². The number of nitrogens with zero attached hydrogens (tertiary/aromatic N) is 5. The van der Waals surface area contributed by atoms with E-state index in [-0.39, 0.29) is 50.5 Å². The van der Waals surface area contributed by atoms with E-state index in [2.05, 4.69) is 20.3 Å². The Morgan fingerprint density at radius 2 is 1.83 bits per heavy atom. The van der Waals surface area contributed by atoms with Crippen molar-refractivity contribution in [1.29, 1.82) is 0 Å². The lowest BCUT2D eigenvalue weighted by Gasteiger charge is -2.47. The summed E-state index contributed by atoms with van der Waals surface area (Å²) in [6.45, 7) is 14.5. The number of ether oxygens (including phenoxy) is 5. The number of rotatable bonds is 8. The Hall–Kier alpha value is -3.97. The van der Waals surface area contributed by atoms with Gasteiger partial charge in [0, 0.05) is 54.5 Å². The van der Waals surface area contributed by atoms with Gasteiger partial charge < -0.3 is 48.2 Å². The van der Waals surface area contributed by atoms with Crippen molar-refractivity contribution in [3.8, 4) is 11.3 Å². The summed E-state index contributed by atoms with van der Waals surface area (Å²) in [4.78, 5) is 57.5. The van der Waals surface area contributed by atoms with Crippen molar-refractivity contribution in [1.82, 2.24) is 15.0 Å². The highest BCUT2D eigenvalue weighted by Crippen LogP contribution is 2.40. The minimum Gasteiger partial charge on any atom is -0.459 e. The third kappa shape index (κ3) is 10.7. The number of hydrogen-bond donors (Lipinski definition) is 2. The third-order valence-electron chi connectivity index (χ3n) is 12.0. The first-order valence-corrected chi connectivity index (χ1v) is 20.8. The molecule has 2 N–H and O–H groups in total. The molecule has 17 heteroatoms. The maximum Gasteiger partial charge on any atom is 0.316 e. The lowest BCUT2D eigenvalue weighted by molar-refractivity contribution is -0.296. The van der Waals surface area contributed by atoms with E-state index in [0.29, 0.717) is 23.6 Å². The molecule has 0 aromatic carbocycles. The van der Waals surface area contributed by atoms with Crippen molar-refractivity contribution in [3.05, 3.63) is 36.4 Å². The molecule has 60 heavy (non-hydrogen) atoms. The Balaban J connectivity index is 1.64. The van der Waals surface area contributed by atoms with E-state index < -0.39 is 83.2 Å². The van der Waals surface area contributed by atoms with Crippen LogP contribution in [0.5, 0.6) is 0 Å². The van der Waals surface area contributed by atoms with Crippen LogP contribution in [-0.2, 0) is 49.5 Å². The first-order valence-electron chi connectivity index (χ1n) is 20.8. The van der Waals surface area contributed by atoms with Crippen LogP contribution in [0.15, 0.2) is 45.3 Å². The predicted octanol–water partition coefficient (Wildman–Crippen LogP) is 4.17. The molecule has 2 aromatic heterocycles. The minimum atomic E-state index is -1.87. The van der Waals surface area contributed by atoms with Gasteiger partial charge in [-0.3, -0.25) is 19.4 Å². The molecule has 5 heterocycles. The van der Waals surface area contributed by atoms with Gasteiger partial charge in [0.1, 0.15) is 35.1 Å². The summed E-state index contributed by atoms with van der Waals surface area (Å²) < 4.78 is 37.9. The lowest BCUT2D eigenvalue weighted by atomic mass is 9.73. The smallest absolute Gasteiger partial charge is 0.316 e. The van der Waals surface area contributed by atoms with Crippen LogP contribution in [0.25, 0.3) is 11.3 Å². The second-order valence-corrected chi connectivity index (χ2v) is 17.2. The van der Waals surface area contributed by atoms with Crippen molar-refractivity contribution in [3.63, 3.8) is 0 Å². The Morgan fingerprint density at radius 3 is 2.48 bits per heavy atom. The highest BCUT2D eigenvalue weighted by atomic mass is 16.7. The molecule has 2 aromatic rings. The zero-order valence-electron chi connectivity index (χ0n) is 36.7. The third-order valence-corrected chi connectivity index (χ3v) is 12.0. The Labute approximate surface area is 352 Å². The number of aliphatic hydroxyl groups excluding tert-OH is 1. The first-order chi connectivity index (χ1) is 28.3. The summed E-state index contributed by atoms with van der Waals surface area (Å²) in [5.74, 6) is -5.03. The van der Waals surface area contributed by atoms with Crippen molar-refractivity contribution < 1.29 is 57.6 Å². The number of carbonyl (C=O) groups is 3. The monoisotopic (exact) mass is 841 g/mol. The topological polar surface area (TPSA) is 214 Å². The van der Waals surface area contributed by atoms with E-state index in [4.69, 9.17) is 33.0 Å². The average molecular weight is 842 g/mol. The fourth-order valence-electron chi connectivity index (χ4n) is 8.82. The number of ketones is 1. The van der Waals surface area contributed by atoms with Gasteiger partial charge in [-0.25, -0.2) is 4.99 Å². The molecule has 0 radical (unpaired) electrons. The van der Waals surface area contributed by atoms with Crippen molar-refractivity contribution in [2.75, 3.05) is 27.3 Å². The number of Topliss-reactive ketones (excluding diaryl/α,β-unsaturated/α-hetero) is 1. The van der Waals surface area contributed by atoms with E-state index >= 15 is 0 Å². The summed E-state index contributed by atoms with van der Waals surface area (Å²) in [6.07, 6.45) is -1.91. The highest BCUT2D eigenvalue weighted by molar-refractivity contribution is 6.00. The van der Waals surface area contributed by atoms with Gasteiger partial charge in [0.25, 0.3) is 0 Å². The largest absolute Gasteiger partial charge is 0.459 e. The fraction of sp³-hybridized carbons (Fsp3) is 0.698. The molecule has 13 atom stereocenters. The molecule has 0 unspecified atom stereocenters. The van der Waals surface area contributed by atoms with Gasteiger partial charge in [0.2, 0.25) is 5.91 Å². The van der Waals surface area contributed by atoms with Crippen molar-refractivity contribution in [2.24, 2.45) is 33.8 Å². The van der Waals surface area contributed by atoms with Gasteiger partial charge >= 0.3 is 5.97 Å². The Kier molecular flexibility index (Phi) is 15.6. The molecule has 332 valence electrons. The van der Waals surface area contributed by atoms with E-state index in [1.165, 1.54) is 20.8 Å². The number of likely N-dealkylation sites (N-methyl/N-ethyl adjacent to an activating group) is 1. The Morgan fingerprint density at radius 1 is 1.10 bits per heavy atom. The van der Waals surface area contributed by atoms with E-state index in [9.17, 15) is 24.6 Å². The number of aliphatic hydroxyl groups is 2. The molecule has 0 aliphatic carbocycles. The summed E-state index contributed by atoms with van der Waals surface area (Å²) in [7, 11) is 3.72. The number of oxime groups is 1. The SMILES string of the molecule is CC[C@H]1OC(=O)[C@H](C)C(=O)[C@H](C)[C@@H](O[C@@H]2O[C@H](C)C[C@H](N(C)C)[C@H]2O)[C@@]2(C)C[C@@H](C)C(=NC(C)=O)[C@H](C)[C@H](OC/C(=N\OCc3cc(-c4cccnc4)no3)CO2)[C@]1(C)O. The maximum absolute atomic E-state index is 14.5. The van der Waals surface area contributed by atoms with E-state index in [0.717, 1.165) is 5.56 Å². The van der Waals surface area contributed by atoms with Gasteiger partial charge in [-0.2, -0.15) is 0 Å². The molecule has 3 aliphatic heterocycles. The molecule has 3 saturated heterocycles. The number of amides is 1. The van der Waals surface area contributed by atoms with Crippen molar-refractivity contribution >= 4 is 29.1 Å². The number of carbonyl (C=O) groups excluding carboxylic acids is 3. The molecule has 0 saturated carbocycles. The Bertz CT molecular complexity index is 1850. The van der Waals surface area contributed by atoms with Crippen LogP contribution in [0.4, 0.5) is 0 Å². The normalized spacial score (nSPS) is 37.6. The minimum absolute atomic E-state index is 0.108. The number of aromatic nitrogens is 2. The molecule has 0 spiro atoms. The summed E-state index contributed by atoms with van der Waals surface area (Å²) >= 11 is 0. The van der Waals surface area contributed by atoms with E-state index in [1.807, 2.05) is 38.9 Å². The zero-order chi connectivity index (χ0) is 44.1. The molecule has 3 aliphatic rings. The van der Waals surface area contributed by atoms with Gasteiger partial charge in [0.05, 0.1) is 37.1 Å². The maximum atomic E-state index is 14.5. The van der Waals surface area contributed by atoms with E-state index in [1.54, 1.807) is 52.2 Å². The van der Waals surface area contributed by atoms with Gasteiger partial charge in [-0.15, -0.1) is 0 Å². The quantitative estimate of drug-likeness (QED) is 0.217. The number of cyclic esters (lactones) is 1. The molecule has 2 bridgehead atoms. The number of aliphatic imine (C=N–C) groups is 1. The van der Waals surface area contributed by atoms with Crippen LogP contribution >= 0.6 is 0 Å². The molecular formula is C43H63N5O12.